The Morgan fingerprint density at radius 2 is 2.00 bits per heavy atom. The number of hydrogen-bond donors (Lipinski definition) is 1. The van der Waals surface area contributed by atoms with Gasteiger partial charge in [-0.3, -0.25) is 14.4 Å². The second kappa shape index (κ2) is 8.64. The second-order valence-corrected chi connectivity index (χ2v) is 7.14. The molecule has 1 saturated carbocycles. The van der Waals surface area contributed by atoms with Crippen LogP contribution in [0.2, 0.25) is 0 Å². The first-order chi connectivity index (χ1) is 12.6. The average Bonchev–Trinajstić information content (AvgIpc) is 3.12. The van der Waals surface area contributed by atoms with Gasteiger partial charge in [-0.05, 0) is 12.8 Å². The lowest BCUT2D eigenvalue weighted by Gasteiger charge is -2.48. The molecule has 1 N–H and O–H groups in total. The van der Waals surface area contributed by atoms with Crippen LogP contribution in [0.15, 0.2) is 12.4 Å². The molecule has 1 amide bonds. The summed E-state index contributed by atoms with van der Waals surface area (Å²) >= 11 is 0. The van der Waals surface area contributed by atoms with E-state index in [2.05, 4.69) is 15.3 Å². The number of nitrogens with one attached hydrogen (secondary N) is 1. The Hall–Kier alpha value is -1.93. The quantitative estimate of drug-likeness (QED) is 0.749. The molecule has 2 fully saturated rings. The summed E-state index contributed by atoms with van der Waals surface area (Å²) in [6.07, 6.45) is 8.78. The van der Waals surface area contributed by atoms with E-state index in [1.54, 1.807) is 13.2 Å². The van der Waals surface area contributed by atoms with Crippen molar-refractivity contribution >= 4 is 11.9 Å². The minimum absolute atomic E-state index is 0.00501. The Morgan fingerprint density at radius 1 is 1.27 bits per heavy atom. The zero-order chi connectivity index (χ0) is 18.4. The molecule has 144 valence electrons. The number of amides is 1. The molecule has 0 unspecified atom stereocenters. The molecule has 0 spiro atoms. The van der Waals surface area contributed by atoms with Crippen molar-refractivity contribution in [2.24, 2.45) is 7.05 Å². The van der Waals surface area contributed by atoms with Crippen LogP contribution in [0.5, 0.6) is 0 Å². The van der Waals surface area contributed by atoms with E-state index in [0.717, 1.165) is 39.1 Å². The summed E-state index contributed by atoms with van der Waals surface area (Å²) < 4.78 is 12.1. The second-order valence-electron chi connectivity index (χ2n) is 7.14. The first-order valence-electron chi connectivity index (χ1n) is 9.34. The van der Waals surface area contributed by atoms with Gasteiger partial charge >= 0.3 is 5.97 Å². The maximum absolute atomic E-state index is 12.2. The highest BCUT2D eigenvalue weighted by atomic mass is 16.5. The molecule has 0 bridgehead atoms. The molecule has 8 heteroatoms. The maximum Gasteiger partial charge on any atom is 0.341 e. The highest BCUT2D eigenvalue weighted by Crippen LogP contribution is 2.33. The van der Waals surface area contributed by atoms with Gasteiger partial charge in [0.2, 0.25) is 0 Å². The Balaban J connectivity index is 1.50. The van der Waals surface area contributed by atoms with E-state index in [0.29, 0.717) is 12.1 Å². The number of aromatic nitrogens is 2. The highest BCUT2D eigenvalue weighted by Gasteiger charge is 2.38. The van der Waals surface area contributed by atoms with Crippen molar-refractivity contribution in [3.05, 3.63) is 18.0 Å². The van der Waals surface area contributed by atoms with E-state index in [1.807, 2.05) is 0 Å². The molecule has 1 aromatic rings. The molecular weight excluding hydrogens is 336 g/mol. The van der Waals surface area contributed by atoms with Gasteiger partial charge in [-0.25, -0.2) is 4.79 Å². The van der Waals surface area contributed by atoms with Gasteiger partial charge in [0, 0.05) is 38.4 Å². The van der Waals surface area contributed by atoms with E-state index in [9.17, 15) is 9.59 Å². The van der Waals surface area contributed by atoms with Crippen LogP contribution in [-0.4, -0.2) is 71.6 Å². The molecule has 1 aliphatic carbocycles. The van der Waals surface area contributed by atoms with E-state index >= 15 is 0 Å². The monoisotopic (exact) mass is 364 g/mol. The first kappa shape index (κ1) is 18.8. The Labute approximate surface area is 153 Å². The SMILES string of the molecule is Cn1cc(C(=O)OCC(=O)NCC2(N3CCOCC3)CCCCC2)cn1. The summed E-state index contributed by atoms with van der Waals surface area (Å²) in [7, 11) is 1.72. The lowest BCUT2D eigenvalue weighted by Crippen LogP contribution is -2.59. The molecule has 26 heavy (non-hydrogen) atoms. The van der Waals surface area contributed by atoms with Crippen molar-refractivity contribution in [3.63, 3.8) is 0 Å². The molecular formula is C18H28N4O4. The zero-order valence-electron chi connectivity index (χ0n) is 15.4. The van der Waals surface area contributed by atoms with E-state index in [4.69, 9.17) is 9.47 Å². The van der Waals surface area contributed by atoms with Crippen molar-refractivity contribution in [1.82, 2.24) is 20.0 Å². The summed E-state index contributed by atoms with van der Waals surface area (Å²) in [5.74, 6) is -0.797. The number of hydrogen-bond acceptors (Lipinski definition) is 6. The minimum atomic E-state index is -0.534. The first-order valence-corrected chi connectivity index (χ1v) is 9.34. The molecule has 1 aliphatic heterocycles. The minimum Gasteiger partial charge on any atom is -0.452 e. The average molecular weight is 364 g/mol. The number of morpholine rings is 1. The predicted molar refractivity (Wildman–Crippen MR) is 94.7 cm³/mol. The zero-order valence-corrected chi connectivity index (χ0v) is 15.4. The van der Waals surface area contributed by atoms with Crippen molar-refractivity contribution < 1.29 is 19.1 Å². The summed E-state index contributed by atoms with van der Waals surface area (Å²) in [5, 5.41) is 6.91. The van der Waals surface area contributed by atoms with Crippen LogP contribution in [-0.2, 0) is 21.3 Å². The Bertz CT molecular complexity index is 618. The number of nitrogens with zero attached hydrogens (tertiary/aromatic N) is 3. The van der Waals surface area contributed by atoms with Crippen LogP contribution in [0.1, 0.15) is 42.5 Å². The summed E-state index contributed by atoms with van der Waals surface area (Å²) in [6, 6.07) is 0. The lowest BCUT2D eigenvalue weighted by molar-refractivity contribution is -0.125. The lowest BCUT2D eigenvalue weighted by atomic mass is 9.79. The van der Waals surface area contributed by atoms with Crippen LogP contribution in [0.25, 0.3) is 0 Å². The smallest absolute Gasteiger partial charge is 0.341 e. The third-order valence-corrected chi connectivity index (χ3v) is 5.36. The third kappa shape index (κ3) is 4.62. The van der Waals surface area contributed by atoms with E-state index in [-0.39, 0.29) is 18.1 Å². The third-order valence-electron chi connectivity index (χ3n) is 5.36. The number of esters is 1. The van der Waals surface area contributed by atoms with Gasteiger partial charge in [0.1, 0.15) is 0 Å². The van der Waals surface area contributed by atoms with Gasteiger partial charge < -0.3 is 14.8 Å². The molecule has 1 saturated heterocycles. The van der Waals surface area contributed by atoms with Gasteiger partial charge in [-0.15, -0.1) is 0 Å². The molecule has 0 atom stereocenters. The molecule has 0 aromatic carbocycles. The van der Waals surface area contributed by atoms with Crippen molar-refractivity contribution in [1.29, 1.82) is 0 Å². The molecule has 3 rings (SSSR count). The van der Waals surface area contributed by atoms with Gasteiger partial charge in [0.25, 0.3) is 5.91 Å². The summed E-state index contributed by atoms with van der Waals surface area (Å²) in [4.78, 5) is 26.6. The molecule has 0 radical (unpaired) electrons. The normalized spacial score (nSPS) is 20.5. The number of carbonyl (C=O) groups is 2. The number of ether oxygens (including phenoxy) is 2. The maximum atomic E-state index is 12.2. The van der Waals surface area contributed by atoms with Crippen LogP contribution < -0.4 is 5.32 Å². The molecule has 2 heterocycles. The molecule has 8 nitrogen and oxygen atoms in total. The molecule has 1 aromatic heterocycles. The van der Waals surface area contributed by atoms with Crippen LogP contribution in [0.3, 0.4) is 0 Å². The number of rotatable bonds is 6. The van der Waals surface area contributed by atoms with Crippen LogP contribution in [0.4, 0.5) is 0 Å². The predicted octanol–water partition coefficient (Wildman–Crippen LogP) is 0.728. The largest absolute Gasteiger partial charge is 0.452 e. The standard InChI is InChI=1S/C18H28N4O4/c1-21-12-15(11-20-21)17(24)26-13-16(23)19-14-18(5-3-2-4-6-18)22-7-9-25-10-8-22/h11-12H,2-10,13-14H2,1H3,(H,19,23). The number of aryl methyl sites for hydroxylation is 1. The summed E-state index contributed by atoms with van der Waals surface area (Å²) in [6.45, 7) is 3.64. The van der Waals surface area contributed by atoms with Crippen molar-refractivity contribution in [2.45, 2.75) is 37.6 Å². The topological polar surface area (TPSA) is 85.7 Å². The summed E-state index contributed by atoms with van der Waals surface area (Å²) in [5.41, 5.74) is 0.350. The fourth-order valence-corrected chi connectivity index (χ4v) is 3.91. The fourth-order valence-electron chi connectivity index (χ4n) is 3.91. The van der Waals surface area contributed by atoms with Crippen molar-refractivity contribution in [2.75, 3.05) is 39.5 Å². The van der Waals surface area contributed by atoms with Crippen LogP contribution >= 0.6 is 0 Å². The van der Waals surface area contributed by atoms with Gasteiger partial charge in [-0.2, -0.15) is 5.10 Å². The van der Waals surface area contributed by atoms with Gasteiger partial charge in [-0.1, -0.05) is 19.3 Å². The Kier molecular flexibility index (Phi) is 6.26. The molecule has 2 aliphatic rings. The van der Waals surface area contributed by atoms with Crippen molar-refractivity contribution in [3.8, 4) is 0 Å². The van der Waals surface area contributed by atoms with E-state index < -0.39 is 5.97 Å². The van der Waals surface area contributed by atoms with Crippen LogP contribution in [0, 0.1) is 0 Å². The highest BCUT2D eigenvalue weighted by molar-refractivity contribution is 5.90. The Morgan fingerprint density at radius 3 is 2.65 bits per heavy atom. The van der Waals surface area contributed by atoms with Gasteiger partial charge in [0.15, 0.2) is 6.61 Å². The van der Waals surface area contributed by atoms with Gasteiger partial charge in [0.05, 0.1) is 25.0 Å². The fraction of sp³-hybridized carbons (Fsp3) is 0.722. The van der Waals surface area contributed by atoms with E-state index in [1.165, 1.54) is 30.1 Å². The number of carbonyl (C=O) groups excluding carboxylic acids is 2.